The molecular formula is C12H23NO. The van der Waals surface area contributed by atoms with Gasteiger partial charge in [-0.05, 0) is 45.4 Å². The van der Waals surface area contributed by atoms with Gasteiger partial charge in [0.2, 0.25) is 0 Å². The zero-order chi connectivity index (χ0) is 10.0. The Hall–Kier alpha value is -0.0800. The van der Waals surface area contributed by atoms with Crippen molar-refractivity contribution >= 4 is 0 Å². The van der Waals surface area contributed by atoms with E-state index < -0.39 is 0 Å². The highest BCUT2D eigenvalue weighted by molar-refractivity contribution is 4.92. The Morgan fingerprint density at radius 2 is 2.07 bits per heavy atom. The highest BCUT2D eigenvalue weighted by Crippen LogP contribution is 2.44. The first kappa shape index (κ1) is 10.4. The van der Waals surface area contributed by atoms with Gasteiger partial charge in [-0.15, -0.1) is 0 Å². The fraction of sp³-hybridized carbons (Fsp3) is 1.00. The van der Waals surface area contributed by atoms with Crippen LogP contribution >= 0.6 is 0 Å². The van der Waals surface area contributed by atoms with Crippen molar-refractivity contribution in [2.45, 2.75) is 76.0 Å². The number of nitrogens with two attached hydrogens (primary N) is 1. The monoisotopic (exact) mass is 197 g/mol. The van der Waals surface area contributed by atoms with Gasteiger partial charge in [-0.2, -0.15) is 0 Å². The Bertz CT molecular complexity index is 185. The molecule has 2 aliphatic rings. The summed E-state index contributed by atoms with van der Waals surface area (Å²) in [7, 11) is 0. The Kier molecular flexibility index (Phi) is 3.13. The Morgan fingerprint density at radius 1 is 1.36 bits per heavy atom. The lowest BCUT2D eigenvalue weighted by Gasteiger charge is -2.24. The molecule has 1 aliphatic carbocycles. The van der Waals surface area contributed by atoms with E-state index in [2.05, 4.69) is 6.92 Å². The minimum absolute atomic E-state index is 0.308. The van der Waals surface area contributed by atoms with Crippen LogP contribution < -0.4 is 5.73 Å². The molecule has 0 aromatic carbocycles. The molecule has 1 heterocycles. The van der Waals surface area contributed by atoms with E-state index in [1.54, 1.807) is 0 Å². The second-order valence-corrected chi connectivity index (χ2v) is 5.22. The van der Waals surface area contributed by atoms with Crippen molar-refractivity contribution in [3.8, 4) is 0 Å². The number of ether oxygens (including phenoxy) is 1. The van der Waals surface area contributed by atoms with Crippen molar-refractivity contribution in [2.24, 2.45) is 5.73 Å². The lowest BCUT2D eigenvalue weighted by molar-refractivity contribution is -0.0397. The molecule has 2 fully saturated rings. The second kappa shape index (κ2) is 4.19. The predicted molar refractivity (Wildman–Crippen MR) is 58.2 cm³/mol. The maximum absolute atomic E-state index is 6.20. The normalized spacial score (nSPS) is 32.6. The fourth-order valence-electron chi connectivity index (χ4n) is 2.93. The van der Waals surface area contributed by atoms with E-state index in [0.29, 0.717) is 17.7 Å². The molecule has 1 spiro atoms. The maximum Gasteiger partial charge on any atom is 0.0687 e. The fourth-order valence-corrected chi connectivity index (χ4v) is 2.93. The molecule has 2 heteroatoms. The van der Waals surface area contributed by atoms with Crippen molar-refractivity contribution in [1.82, 2.24) is 0 Å². The topological polar surface area (TPSA) is 35.2 Å². The maximum atomic E-state index is 6.20. The van der Waals surface area contributed by atoms with Crippen LogP contribution in [0.15, 0.2) is 0 Å². The van der Waals surface area contributed by atoms with Crippen molar-refractivity contribution in [2.75, 3.05) is 0 Å². The molecule has 2 rings (SSSR count). The third-order valence-corrected chi connectivity index (χ3v) is 3.80. The lowest BCUT2D eigenvalue weighted by atomic mass is 9.97. The van der Waals surface area contributed by atoms with E-state index in [1.165, 1.54) is 44.9 Å². The zero-order valence-corrected chi connectivity index (χ0v) is 9.30. The molecule has 2 N–H and O–H groups in total. The van der Waals surface area contributed by atoms with E-state index in [0.717, 1.165) is 6.42 Å². The number of rotatable bonds is 3. The summed E-state index contributed by atoms with van der Waals surface area (Å²) in [6.45, 7) is 2.08. The molecule has 14 heavy (non-hydrogen) atoms. The highest BCUT2D eigenvalue weighted by atomic mass is 16.5. The van der Waals surface area contributed by atoms with Crippen LogP contribution in [-0.2, 0) is 4.74 Å². The molecule has 2 atom stereocenters. The standard InChI is InChI=1S/C12H23NO/c1-10(13)4-5-11-6-9-12(14-11)7-2-3-8-12/h10-11H,2-9,13H2,1H3. The van der Waals surface area contributed by atoms with Crippen molar-refractivity contribution in [3.05, 3.63) is 0 Å². The summed E-state index contributed by atoms with van der Waals surface area (Å²) in [5.41, 5.74) is 6.07. The number of hydrogen-bond acceptors (Lipinski definition) is 2. The second-order valence-electron chi connectivity index (χ2n) is 5.22. The Morgan fingerprint density at radius 3 is 2.71 bits per heavy atom. The van der Waals surface area contributed by atoms with Gasteiger partial charge in [0.15, 0.2) is 0 Å². The highest BCUT2D eigenvalue weighted by Gasteiger charge is 2.41. The summed E-state index contributed by atoms with van der Waals surface area (Å²) in [5.74, 6) is 0. The van der Waals surface area contributed by atoms with Crippen LogP contribution in [0.2, 0.25) is 0 Å². The summed E-state index contributed by atoms with van der Waals surface area (Å²) >= 11 is 0. The molecular weight excluding hydrogens is 174 g/mol. The lowest BCUT2D eigenvalue weighted by Crippen LogP contribution is -2.25. The molecule has 1 aliphatic heterocycles. The summed E-state index contributed by atoms with van der Waals surface area (Å²) in [5, 5.41) is 0. The van der Waals surface area contributed by atoms with Gasteiger partial charge in [0.05, 0.1) is 11.7 Å². The van der Waals surface area contributed by atoms with Gasteiger partial charge < -0.3 is 10.5 Å². The predicted octanol–water partition coefficient (Wildman–Crippen LogP) is 2.61. The summed E-state index contributed by atoms with van der Waals surface area (Å²) < 4.78 is 6.20. The van der Waals surface area contributed by atoms with E-state index in [4.69, 9.17) is 10.5 Å². The summed E-state index contributed by atoms with van der Waals surface area (Å²) in [6.07, 6.45) is 10.7. The third-order valence-electron chi connectivity index (χ3n) is 3.80. The van der Waals surface area contributed by atoms with E-state index in [1.807, 2.05) is 0 Å². The first-order valence-corrected chi connectivity index (χ1v) is 6.14. The van der Waals surface area contributed by atoms with Gasteiger partial charge in [0.1, 0.15) is 0 Å². The van der Waals surface area contributed by atoms with E-state index >= 15 is 0 Å². The van der Waals surface area contributed by atoms with Crippen LogP contribution in [0.3, 0.4) is 0 Å². The molecule has 0 bridgehead atoms. The minimum atomic E-state index is 0.308. The zero-order valence-electron chi connectivity index (χ0n) is 9.30. The molecule has 2 nitrogen and oxygen atoms in total. The van der Waals surface area contributed by atoms with Crippen molar-refractivity contribution in [1.29, 1.82) is 0 Å². The van der Waals surface area contributed by atoms with Crippen molar-refractivity contribution in [3.63, 3.8) is 0 Å². The van der Waals surface area contributed by atoms with Crippen LogP contribution in [0.1, 0.15) is 58.3 Å². The third kappa shape index (κ3) is 2.29. The average Bonchev–Trinajstić information content (AvgIpc) is 2.74. The first-order chi connectivity index (χ1) is 6.70. The molecule has 1 saturated heterocycles. The smallest absolute Gasteiger partial charge is 0.0687 e. The first-order valence-electron chi connectivity index (χ1n) is 6.14. The van der Waals surface area contributed by atoms with Crippen LogP contribution in [-0.4, -0.2) is 17.7 Å². The molecule has 0 aromatic heterocycles. The molecule has 82 valence electrons. The van der Waals surface area contributed by atoms with Crippen LogP contribution in [0.4, 0.5) is 0 Å². The van der Waals surface area contributed by atoms with Gasteiger partial charge in [-0.1, -0.05) is 12.8 Å². The van der Waals surface area contributed by atoms with Gasteiger partial charge in [-0.3, -0.25) is 0 Å². The molecule has 1 saturated carbocycles. The summed E-state index contributed by atoms with van der Waals surface area (Å²) in [4.78, 5) is 0. The van der Waals surface area contributed by atoms with E-state index in [9.17, 15) is 0 Å². The van der Waals surface area contributed by atoms with Gasteiger partial charge in [0.25, 0.3) is 0 Å². The molecule has 0 aromatic rings. The minimum Gasteiger partial charge on any atom is -0.372 e. The average molecular weight is 197 g/mol. The molecule has 0 radical (unpaired) electrons. The van der Waals surface area contributed by atoms with Crippen LogP contribution in [0.25, 0.3) is 0 Å². The van der Waals surface area contributed by atoms with E-state index in [-0.39, 0.29) is 0 Å². The van der Waals surface area contributed by atoms with Crippen molar-refractivity contribution < 1.29 is 4.74 Å². The van der Waals surface area contributed by atoms with Crippen LogP contribution in [0.5, 0.6) is 0 Å². The Balaban J connectivity index is 1.76. The van der Waals surface area contributed by atoms with Gasteiger partial charge >= 0.3 is 0 Å². The van der Waals surface area contributed by atoms with Gasteiger partial charge in [-0.25, -0.2) is 0 Å². The summed E-state index contributed by atoms with van der Waals surface area (Å²) in [6, 6.07) is 0.332. The van der Waals surface area contributed by atoms with Gasteiger partial charge in [0, 0.05) is 6.04 Å². The van der Waals surface area contributed by atoms with Crippen LogP contribution in [0, 0.1) is 0 Å². The molecule has 2 unspecified atom stereocenters. The SMILES string of the molecule is CC(N)CCC1CCC2(CCCC2)O1. The number of hydrogen-bond donors (Lipinski definition) is 1. The molecule has 0 amide bonds. The quantitative estimate of drug-likeness (QED) is 0.754. The Labute approximate surface area is 87.2 Å². The largest absolute Gasteiger partial charge is 0.372 e.